The lowest BCUT2D eigenvalue weighted by Gasteiger charge is -2.24. The molecule has 2 atom stereocenters. The van der Waals surface area contributed by atoms with Crippen molar-refractivity contribution < 1.29 is 9.26 Å². The third-order valence-corrected chi connectivity index (χ3v) is 3.32. The topological polar surface area (TPSA) is 60.2 Å². The van der Waals surface area contributed by atoms with Crippen LogP contribution in [0.4, 0.5) is 0 Å². The van der Waals surface area contributed by atoms with E-state index in [4.69, 9.17) is 9.26 Å². The van der Waals surface area contributed by atoms with E-state index in [2.05, 4.69) is 50.1 Å². The maximum absolute atomic E-state index is 5.45. The maximum atomic E-state index is 5.45. The number of rotatable bonds is 10. The van der Waals surface area contributed by atoms with E-state index in [0.717, 1.165) is 26.0 Å². The van der Waals surface area contributed by atoms with E-state index >= 15 is 0 Å². The summed E-state index contributed by atoms with van der Waals surface area (Å²) in [5.74, 6) is 2.03. The number of nitrogens with one attached hydrogen (secondary N) is 1. The van der Waals surface area contributed by atoms with Gasteiger partial charge in [0.25, 0.3) is 0 Å². The minimum Gasteiger partial charge on any atom is -0.373 e. The SMILES string of the molecule is CCCNC(C)C(c1nc(COCCC)no1)C(C)C. The molecule has 0 aliphatic rings. The molecule has 0 spiro atoms. The molecule has 20 heavy (non-hydrogen) atoms. The summed E-state index contributed by atoms with van der Waals surface area (Å²) in [7, 11) is 0. The molecule has 5 nitrogen and oxygen atoms in total. The van der Waals surface area contributed by atoms with Gasteiger partial charge >= 0.3 is 0 Å². The van der Waals surface area contributed by atoms with Crippen molar-refractivity contribution in [3.63, 3.8) is 0 Å². The van der Waals surface area contributed by atoms with E-state index in [1.807, 2.05) is 0 Å². The molecule has 0 aliphatic carbocycles. The van der Waals surface area contributed by atoms with Crippen LogP contribution in [0.5, 0.6) is 0 Å². The Bertz CT molecular complexity index is 366. The molecule has 1 N–H and O–H groups in total. The maximum Gasteiger partial charge on any atom is 0.231 e. The van der Waals surface area contributed by atoms with Crippen LogP contribution in [0.15, 0.2) is 4.52 Å². The predicted octanol–water partition coefficient (Wildman–Crippen LogP) is 3.12. The van der Waals surface area contributed by atoms with Crippen LogP contribution < -0.4 is 5.32 Å². The van der Waals surface area contributed by atoms with Crippen molar-refractivity contribution in [1.29, 1.82) is 0 Å². The molecule has 0 aliphatic heterocycles. The zero-order chi connectivity index (χ0) is 15.0. The molecule has 0 saturated heterocycles. The number of hydrogen-bond acceptors (Lipinski definition) is 5. The third kappa shape index (κ3) is 5.21. The summed E-state index contributed by atoms with van der Waals surface area (Å²) in [4.78, 5) is 4.49. The highest BCUT2D eigenvalue weighted by molar-refractivity contribution is 4.99. The van der Waals surface area contributed by atoms with Crippen LogP contribution in [0.25, 0.3) is 0 Å². The average molecular weight is 283 g/mol. The zero-order valence-electron chi connectivity index (χ0n) is 13.5. The first kappa shape index (κ1) is 17.1. The van der Waals surface area contributed by atoms with Crippen LogP contribution in [0.2, 0.25) is 0 Å². The second-order valence-corrected chi connectivity index (χ2v) is 5.61. The third-order valence-electron chi connectivity index (χ3n) is 3.32. The van der Waals surface area contributed by atoms with Crippen molar-refractivity contribution in [2.24, 2.45) is 5.92 Å². The van der Waals surface area contributed by atoms with Gasteiger partial charge in [0.05, 0.1) is 5.92 Å². The van der Waals surface area contributed by atoms with E-state index in [0.29, 0.717) is 30.3 Å². The van der Waals surface area contributed by atoms with Crippen LogP contribution in [0.1, 0.15) is 65.1 Å². The minimum absolute atomic E-state index is 0.231. The highest BCUT2D eigenvalue weighted by atomic mass is 16.5. The molecular weight excluding hydrogens is 254 g/mol. The normalized spacial score (nSPS) is 14.7. The molecule has 1 rings (SSSR count). The molecule has 2 unspecified atom stereocenters. The Hall–Kier alpha value is -0.940. The Labute approximate surface area is 122 Å². The molecule has 0 bridgehead atoms. The molecule has 0 amide bonds. The lowest BCUT2D eigenvalue weighted by molar-refractivity contribution is 0.114. The van der Waals surface area contributed by atoms with Gasteiger partial charge in [0.15, 0.2) is 5.82 Å². The fourth-order valence-corrected chi connectivity index (χ4v) is 2.34. The van der Waals surface area contributed by atoms with Crippen molar-refractivity contribution in [2.75, 3.05) is 13.2 Å². The molecule has 1 heterocycles. The van der Waals surface area contributed by atoms with Crippen molar-refractivity contribution in [1.82, 2.24) is 15.5 Å². The van der Waals surface area contributed by atoms with Crippen molar-refractivity contribution >= 4 is 0 Å². The largest absolute Gasteiger partial charge is 0.373 e. The van der Waals surface area contributed by atoms with Crippen LogP contribution in [0, 0.1) is 5.92 Å². The van der Waals surface area contributed by atoms with Crippen molar-refractivity contribution in [3.8, 4) is 0 Å². The van der Waals surface area contributed by atoms with Gasteiger partial charge in [-0.2, -0.15) is 4.98 Å². The van der Waals surface area contributed by atoms with Crippen LogP contribution in [0.3, 0.4) is 0 Å². The van der Waals surface area contributed by atoms with E-state index < -0.39 is 0 Å². The molecule has 0 radical (unpaired) electrons. The lowest BCUT2D eigenvalue weighted by Crippen LogP contribution is -2.35. The van der Waals surface area contributed by atoms with Crippen molar-refractivity contribution in [2.45, 2.75) is 66.0 Å². The highest BCUT2D eigenvalue weighted by Crippen LogP contribution is 2.26. The quantitative estimate of drug-likeness (QED) is 0.668. The monoisotopic (exact) mass is 283 g/mol. The molecule has 0 fully saturated rings. The van der Waals surface area contributed by atoms with Crippen LogP contribution in [-0.4, -0.2) is 29.3 Å². The van der Waals surface area contributed by atoms with Gasteiger partial charge in [0.1, 0.15) is 6.61 Å². The summed E-state index contributed by atoms with van der Waals surface area (Å²) in [6.45, 7) is 13.0. The van der Waals surface area contributed by atoms with Gasteiger partial charge in [-0.3, -0.25) is 0 Å². The first-order valence-corrected chi connectivity index (χ1v) is 7.73. The van der Waals surface area contributed by atoms with Crippen molar-refractivity contribution in [3.05, 3.63) is 11.7 Å². The molecule has 116 valence electrons. The molecular formula is C15H29N3O2. The van der Waals surface area contributed by atoms with Gasteiger partial charge in [0, 0.05) is 12.6 Å². The Morgan fingerprint density at radius 3 is 2.55 bits per heavy atom. The fourth-order valence-electron chi connectivity index (χ4n) is 2.34. The van der Waals surface area contributed by atoms with Gasteiger partial charge < -0.3 is 14.6 Å². The summed E-state index contributed by atoms with van der Waals surface area (Å²) in [6, 6.07) is 0.319. The number of hydrogen-bond donors (Lipinski definition) is 1. The van der Waals surface area contributed by atoms with Gasteiger partial charge in [-0.1, -0.05) is 32.9 Å². The summed E-state index contributed by atoms with van der Waals surface area (Å²) in [5, 5.41) is 7.53. The fraction of sp³-hybridized carbons (Fsp3) is 0.867. The summed E-state index contributed by atoms with van der Waals surface area (Å²) >= 11 is 0. The summed E-state index contributed by atoms with van der Waals surface area (Å²) in [5.41, 5.74) is 0. The molecule has 0 aromatic carbocycles. The Balaban J connectivity index is 2.67. The summed E-state index contributed by atoms with van der Waals surface area (Å²) < 4.78 is 10.9. The van der Waals surface area contributed by atoms with Gasteiger partial charge in [-0.25, -0.2) is 0 Å². The first-order valence-electron chi connectivity index (χ1n) is 7.73. The van der Waals surface area contributed by atoms with E-state index in [-0.39, 0.29) is 5.92 Å². The minimum atomic E-state index is 0.231. The van der Waals surface area contributed by atoms with E-state index in [9.17, 15) is 0 Å². The van der Waals surface area contributed by atoms with E-state index in [1.54, 1.807) is 0 Å². The molecule has 1 aromatic heterocycles. The Kier molecular flexibility index (Phi) is 7.77. The van der Waals surface area contributed by atoms with E-state index in [1.165, 1.54) is 0 Å². The van der Waals surface area contributed by atoms with Gasteiger partial charge in [0.2, 0.25) is 5.89 Å². The van der Waals surface area contributed by atoms with Gasteiger partial charge in [-0.05, 0) is 32.2 Å². The number of ether oxygens (including phenoxy) is 1. The molecule has 1 aromatic rings. The van der Waals surface area contributed by atoms with Crippen LogP contribution >= 0.6 is 0 Å². The average Bonchev–Trinajstić information content (AvgIpc) is 2.85. The lowest BCUT2D eigenvalue weighted by atomic mass is 9.89. The smallest absolute Gasteiger partial charge is 0.231 e. The number of aromatic nitrogens is 2. The second kappa shape index (κ2) is 9.08. The summed E-state index contributed by atoms with van der Waals surface area (Å²) in [6.07, 6.45) is 2.12. The zero-order valence-corrected chi connectivity index (χ0v) is 13.5. The molecule has 5 heteroatoms. The second-order valence-electron chi connectivity index (χ2n) is 5.61. The Morgan fingerprint density at radius 1 is 1.20 bits per heavy atom. The number of nitrogens with zero attached hydrogens (tertiary/aromatic N) is 2. The standard InChI is InChI=1S/C15H29N3O2/c1-6-8-16-12(5)14(11(3)4)15-17-13(18-20-15)10-19-9-7-2/h11-12,14,16H,6-10H2,1-5H3. The molecule has 0 saturated carbocycles. The highest BCUT2D eigenvalue weighted by Gasteiger charge is 2.27. The van der Waals surface area contributed by atoms with Crippen LogP contribution in [-0.2, 0) is 11.3 Å². The predicted molar refractivity (Wildman–Crippen MR) is 79.6 cm³/mol. The first-order chi connectivity index (χ1) is 9.60. The Morgan fingerprint density at radius 2 is 1.95 bits per heavy atom. The van der Waals surface area contributed by atoms with Gasteiger partial charge in [-0.15, -0.1) is 0 Å².